The fraction of sp³-hybridized carbons (Fsp3) is 0.562. The molecule has 1 atom stereocenters. The molecule has 3 nitrogen and oxygen atoms in total. The Kier molecular flexibility index (Phi) is 4.13. The number of carbonyl (C=O) groups is 1. The summed E-state index contributed by atoms with van der Waals surface area (Å²) in [6, 6.07) is 8.13. The molecule has 1 heterocycles. The summed E-state index contributed by atoms with van der Waals surface area (Å²) in [6.45, 7) is 7.25. The smallest absolute Gasteiger partial charge is 0.242 e. The Morgan fingerprint density at radius 1 is 1.42 bits per heavy atom. The van der Waals surface area contributed by atoms with Crippen molar-refractivity contribution in [2.45, 2.75) is 46.1 Å². The Bertz CT molecular complexity index is 454. The van der Waals surface area contributed by atoms with E-state index in [1.165, 1.54) is 5.56 Å². The molecule has 1 amide bonds. The molecule has 0 saturated carbocycles. The summed E-state index contributed by atoms with van der Waals surface area (Å²) in [7, 11) is 0. The molecule has 1 aromatic carbocycles. The van der Waals surface area contributed by atoms with Crippen molar-refractivity contribution in [3.8, 4) is 0 Å². The van der Waals surface area contributed by atoms with Gasteiger partial charge in [0.25, 0.3) is 0 Å². The number of carbonyl (C=O) groups excluding carboxylic acids is 1. The lowest BCUT2D eigenvalue weighted by molar-refractivity contribution is -0.122. The second-order valence-corrected chi connectivity index (χ2v) is 6.13. The average Bonchev–Trinajstić information content (AvgIpc) is 2.44. The van der Waals surface area contributed by atoms with Crippen LogP contribution in [0.3, 0.4) is 0 Å². The third-order valence-electron chi connectivity index (χ3n) is 4.06. The molecule has 1 unspecified atom stereocenters. The Balaban J connectivity index is 1.92. The van der Waals surface area contributed by atoms with Crippen molar-refractivity contribution in [3.63, 3.8) is 0 Å². The van der Waals surface area contributed by atoms with Gasteiger partial charge in [-0.2, -0.15) is 0 Å². The highest BCUT2D eigenvalue weighted by Gasteiger charge is 2.25. The van der Waals surface area contributed by atoms with Gasteiger partial charge in [-0.05, 0) is 36.3 Å². The standard InChI is InChI=1S/C16H24N2O/c1-4-16(2,3)11-17-15(19)14-10-9-12-7-5-6-8-13(12)18-14/h5-8,14,18H,4,9-11H2,1-3H3,(H,17,19). The Labute approximate surface area is 115 Å². The average molecular weight is 260 g/mol. The van der Waals surface area contributed by atoms with Crippen LogP contribution >= 0.6 is 0 Å². The zero-order chi connectivity index (χ0) is 13.9. The molecule has 0 radical (unpaired) electrons. The van der Waals surface area contributed by atoms with E-state index in [0.29, 0.717) is 0 Å². The molecule has 0 spiro atoms. The van der Waals surface area contributed by atoms with Gasteiger partial charge in [0.15, 0.2) is 0 Å². The van der Waals surface area contributed by atoms with E-state index in [-0.39, 0.29) is 17.4 Å². The second-order valence-electron chi connectivity index (χ2n) is 6.13. The molecule has 0 aliphatic carbocycles. The number of hydrogen-bond acceptors (Lipinski definition) is 2. The first-order chi connectivity index (χ1) is 9.02. The van der Waals surface area contributed by atoms with Crippen LogP contribution in [-0.4, -0.2) is 18.5 Å². The number of hydrogen-bond donors (Lipinski definition) is 2. The summed E-state index contributed by atoms with van der Waals surface area (Å²) < 4.78 is 0. The van der Waals surface area contributed by atoms with Gasteiger partial charge in [0.2, 0.25) is 5.91 Å². The zero-order valence-electron chi connectivity index (χ0n) is 12.1. The molecule has 0 aromatic heterocycles. The minimum atomic E-state index is -0.0949. The maximum absolute atomic E-state index is 12.2. The minimum absolute atomic E-state index is 0.0949. The molecule has 2 rings (SSSR count). The third kappa shape index (κ3) is 3.49. The van der Waals surface area contributed by atoms with Crippen molar-refractivity contribution in [2.24, 2.45) is 5.41 Å². The van der Waals surface area contributed by atoms with Crippen LogP contribution in [0.25, 0.3) is 0 Å². The van der Waals surface area contributed by atoms with Gasteiger partial charge in [-0.1, -0.05) is 39.0 Å². The lowest BCUT2D eigenvalue weighted by Gasteiger charge is -2.28. The van der Waals surface area contributed by atoms with Crippen LogP contribution in [0.15, 0.2) is 24.3 Å². The van der Waals surface area contributed by atoms with Crippen molar-refractivity contribution in [2.75, 3.05) is 11.9 Å². The first-order valence-electron chi connectivity index (χ1n) is 7.14. The van der Waals surface area contributed by atoms with E-state index in [1.54, 1.807) is 0 Å². The predicted molar refractivity (Wildman–Crippen MR) is 79.3 cm³/mol. The highest BCUT2D eigenvalue weighted by Crippen LogP contribution is 2.24. The maximum Gasteiger partial charge on any atom is 0.242 e. The fourth-order valence-corrected chi connectivity index (χ4v) is 2.21. The Morgan fingerprint density at radius 2 is 2.16 bits per heavy atom. The lowest BCUT2D eigenvalue weighted by atomic mass is 9.90. The molecule has 1 aliphatic rings. The zero-order valence-corrected chi connectivity index (χ0v) is 12.1. The maximum atomic E-state index is 12.2. The van der Waals surface area contributed by atoms with Crippen LogP contribution in [0.2, 0.25) is 0 Å². The van der Waals surface area contributed by atoms with Crippen molar-refractivity contribution in [3.05, 3.63) is 29.8 Å². The molecule has 104 valence electrons. The van der Waals surface area contributed by atoms with Crippen molar-refractivity contribution in [1.29, 1.82) is 0 Å². The number of amides is 1. The molecule has 0 bridgehead atoms. The van der Waals surface area contributed by atoms with E-state index >= 15 is 0 Å². The molecular weight excluding hydrogens is 236 g/mol. The quantitative estimate of drug-likeness (QED) is 0.874. The number of para-hydroxylation sites is 1. The summed E-state index contributed by atoms with van der Waals surface area (Å²) in [6.07, 6.45) is 2.90. The molecule has 19 heavy (non-hydrogen) atoms. The highest BCUT2D eigenvalue weighted by atomic mass is 16.2. The molecule has 0 fully saturated rings. The number of benzene rings is 1. The summed E-state index contributed by atoms with van der Waals surface area (Å²) in [5, 5.41) is 6.41. The van der Waals surface area contributed by atoms with Crippen molar-refractivity contribution in [1.82, 2.24) is 5.32 Å². The Morgan fingerprint density at radius 3 is 2.89 bits per heavy atom. The third-order valence-corrected chi connectivity index (χ3v) is 4.06. The van der Waals surface area contributed by atoms with Gasteiger partial charge in [0.1, 0.15) is 6.04 Å². The van der Waals surface area contributed by atoms with Crippen LogP contribution in [0, 0.1) is 5.41 Å². The number of anilines is 1. The van der Waals surface area contributed by atoms with Gasteiger partial charge in [-0.15, -0.1) is 0 Å². The largest absolute Gasteiger partial charge is 0.373 e. The summed E-state index contributed by atoms with van der Waals surface area (Å²) in [4.78, 5) is 12.2. The number of rotatable bonds is 4. The Hall–Kier alpha value is -1.51. The van der Waals surface area contributed by atoms with Gasteiger partial charge in [-0.25, -0.2) is 0 Å². The monoisotopic (exact) mass is 260 g/mol. The first kappa shape index (κ1) is 13.9. The molecule has 1 aromatic rings. The summed E-state index contributed by atoms with van der Waals surface area (Å²) >= 11 is 0. The topological polar surface area (TPSA) is 41.1 Å². The van der Waals surface area contributed by atoms with E-state index in [9.17, 15) is 4.79 Å². The molecule has 1 aliphatic heterocycles. The molecule has 3 heteroatoms. The highest BCUT2D eigenvalue weighted by molar-refractivity contribution is 5.85. The molecule has 0 saturated heterocycles. The van der Waals surface area contributed by atoms with E-state index in [4.69, 9.17) is 0 Å². The van der Waals surface area contributed by atoms with Gasteiger partial charge < -0.3 is 10.6 Å². The number of nitrogens with one attached hydrogen (secondary N) is 2. The number of fused-ring (bicyclic) bond motifs is 1. The predicted octanol–water partition coefficient (Wildman–Crippen LogP) is 2.97. The minimum Gasteiger partial charge on any atom is -0.373 e. The van der Waals surface area contributed by atoms with E-state index in [0.717, 1.165) is 31.5 Å². The van der Waals surface area contributed by atoms with Crippen LogP contribution in [0.4, 0.5) is 5.69 Å². The molecular formula is C16H24N2O. The number of aryl methyl sites for hydroxylation is 1. The summed E-state index contributed by atoms with van der Waals surface area (Å²) in [5.74, 6) is 0.121. The molecule has 2 N–H and O–H groups in total. The van der Waals surface area contributed by atoms with Gasteiger partial charge in [0.05, 0.1) is 0 Å². The van der Waals surface area contributed by atoms with Crippen LogP contribution in [0.1, 0.15) is 39.2 Å². The fourth-order valence-electron chi connectivity index (χ4n) is 2.21. The van der Waals surface area contributed by atoms with E-state index in [1.807, 2.05) is 18.2 Å². The van der Waals surface area contributed by atoms with Crippen LogP contribution in [0.5, 0.6) is 0 Å². The summed E-state index contributed by atoms with van der Waals surface area (Å²) in [5.41, 5.74) is 2.58. The van der Waals surface area contributed by atoms with Gasteiger partial charge in [0, 0.05) is 12.2 Å². The second kappa shape index (κ2) is 5.64. The normalized spacial score (nSPS) is 18.4. The van der Waals surface area contributed by atoms with Gasteiger partial charge in [-0.3, -0.25) is 4.79 Å². The van der Waals surface area contributed by atoms with Crippen LogP contribution in [-0.2, 0) is 11.2 Å². The van der Waals surface area contributed by atoms with E-state index < -0.39 is 0 Å². The van der Waals surface area contributed by atoms with Crippen molar-refractivity contribution < 1.29 is 4.79 Å². The van der Waals surface area contributed by atoms with E-state index in [2.05, 4.69) is 37.5 Å². The lowest BCUT2D eigenvalue weighted by Crippen LogP contribution is -2.44. The van der Waals surface area contributed by atoms with Crippen LogP contribution < -0.4 is 10.6 Å². The SMILES string of the molecule is CCC(C)(C)CNC(=O)C1CCc2ccccc2N1. The van der Waals surface area contributed by atoms with Crippen molar-refractivity contribution >= 4 is 11.6 Å². The van der Waals surface area contributed by atoms with Gasteiger partial charge >= 0.3 is 0 Å². The first-order valence-corrected chi connectivity index (χ1v) is 7.14.